The number of aliphatic carboxylic acids is 3. The molecule has 1 atom stereocenters. The molecule has 7 N–H and O–H groups in total. The Hall–Kier alpha value is -0.0336. The van der Waals surface area contributed by atoms with E-state index in [1.165, 1.54) is 0 Å². The summed E-state index contributed by atoms with van der Waals surface area (Å²) in [5, 5.41) is 23.9. The third-order valence-corrected chi connectivity index (χ3v) is 1.16. The first kappa shape index (κ1) is 21.3. The third kappa shape index (κ3) is 19.5. The van der Waals surface area contributed by atoms with Crippen LogP contribution in [0.15, 0.2) is 0 Å². The summed E-state index contributed by atoms with van der Waals surface area (Å²) in [5.74, 6) is -3.16. The number of carboxylic acid groups (broad SMARTS) is 3. The second-order valence-electron chi connectivity index (χ2n) is 2.48. The van der Waals surface area contributed by atoms with Crippen LogP contribution < -0.4 is 62.9 Å². The van der Waals surface area contributed by atoms with Gasteiger partial charge in [0.1, 0.15) is 6.04 Å². The van der Waals surface area contributed by atoms with Crippen LogP contribution >= 0.6 is 0 Å². The molecular weight excluding hydrogens is 247 g/mol. The van der Waals surface area contributed by atoms with Crippen LogP contribution in [0.25, 0.3) is 0 Å². The van der Waals surface area contributed by atoms with Crippen LogP contribution in [-0.4, -0.2) is 45.8 Å². The van der Waals surface area contributed by atoms with Gasteiger partial charge in [0.2, 0.25) is 0 Å². The predicted octanol–water partition coefficient (Wildman–Crippen LogP) is -4.59. The minimum absolute atomic E-state index is 0. The molecule has 0 aliphatic heterocycles. The van der Waals surface area contributed by atoms with E-state index in [0.717, 1.165) is 0 Å². The molecule has 0 heterocycles. The van der Waals surface area contributed by atoms with Gasteiger partial charge in [-0.3, -0.25) is 14.4 Å². The summed E-state index contributed by atoms with van der Waals surface area (Å²) in [5.41, 5.74) is 9.57. The maximum atomic E-state index is 9.99. The van der Waals surface area contributed by atoms with Crippen LogP contribution in [0.1, 0.15) is 14.3 Å². The summed E-state index contributed by atoms with van der Waals surface area (Å²) in [4.78, 5) is 29.1. The molecule has 0 aromatic carbocycles. The van der Waals surface area contributed by atoms with Crippen molar-refractivity contribution in [1.29, 1.82) is 0 Å². The fourth-order valence-electron chi connectivity index (χ4n) is 0.402. The van der Waals surface area contributed by atoms with Crippen molar-refractivity contribution in [1.82, 2.24) is 0 Å². The molecule has 8 nitrogen and oxygen atoms in total. The van der Waals surface area contributed by atoms with Gasteiger partial charge in [0.05, 0.1) is 6.54 Å². The summed E-state index contributed by atoms with van der Waals surface area (Å²) in [6, 6.07) is -1.06. The largest absolute Gasteiger partial charge is 1.00 e. The molecule has 0 amide bonds. The van der Waals surface area contributed by atoms with Crippen molar-refractivity contribution in [3.8, 4) is 0 Å². The minimum atomic E-state index is -1.17. The predicted molar refractivity (Wildman–Crippen MR) is 50.3 cm³/mol. The van der Waals surface area contributed by atoms with Gasteiger partial charge in [0.25, 0.3) is 0 Å². The van der Waals surface area contributed by atoms with Crippen LogP contribution in [0.4, 0.5) is 0 Å². The van der Waals surface area contributed by atoms with Crippen molar-refractivity contribution in [2.45, 2.75) is 18.9 Å². The van der Waals surface area contributed by atoms with E-state index in [-0.39, 0.29) is 72.2 Å². The zero-order valence-corrected chi connectivity index (χ0v) is 12.0. The van der Waals surface area contributed by atoms with Crippen LogP contribution in [0.2, 0.25) is 0 Å². The fraction of sp³-hybridized carbons (Fsp3) is 0.571. The average molecular weight is 262 g/mol. The zero-order valence-electron chi connectivity index (χ0n) is 9.92. The number of carboxylic acids is 3. The van der Waals surface area contributed by atoms with Gasteiger partial charge in [0.15, 0.2) is 0 Å². The third-order valence-electron chi connectivity index (χ3n) is 1.16. The van der Waals surface area contributed by atoms with Gasteiger partial charge in [-0.2, -0.15) is 0 Å². The monoisotopic (exact) mass is 262 g/mol. The Morgan fingerprint density at radius 3 is 1.69 bits per heavy atom. The van der Waals surface area contributed by atoms with Crippen molar-refractivity contribution >= 4 is 17.9 Å². The van der Waals surface area contributed by atoms with Gasteiger partial charge in [-0.05, 0) is 6.42 Å². The molecule has 0 unspecified atom stereocenters. The first-order valence-corrected chi connectivity index (χ1v) is 3.93. The maximum Gasteiger partial charge on any atom is 1.00 e. The molecule has 0 fully saturated rings. The first-order chi connectivity index (χ1) is 6.81. The van der Waals surface area contributed by atoms with Crippen molar-refractivity contribution < 1.29 is 82.5 Å². The van der Waals surface area contributed by atoms with Gasteiger partial charge in [-0.15, -0.1) is 0 Å². The van der Waals surface area contributed by atoms with Crippen LogP contribution in [0.3, 0.4) is 0 Å². The van der Waals surface area contributed by atoms with E-state index < -0.39 is 23.9 Å². The summed E-state index contributed by atoms with van der Waals surface area (Å²) in [6.07, 6.45) is -0.224. The number of hydrogen-bond acceptors (Lipinski definition) is 5. The van der Waals surface area contributed by atoms with E-state index in [1.807, 2.05) is 0 Å². The van der Waals surface area contributed by atoms with Crippen LogP contribution in [0, 0.1) is 0 Å². The first-order valence-electron chi connectivity index (χ1n) is 3.93. The Morgan fingerprint density at radius 1 is 1.12 bits per heavy atom. The van der Waals surface area contributed by atoms with Gasteiger partial charge in [-0.1, -0.05) is 0 Å². The summed E-state index contributed by atoms with van der Waals surface area (Å²) in [6.45, 7) is -0.278. The molecule has 16 heavy (non-hydrogen) atoms. The maximum absolute atomic E-state index is 9.99. The van der Waals surface area contributed by atoms with E-state index in [0.29, 0.717) is 0 Å². The van der Waals surface area contributed by atoms with Crippen LogP contribution in [0.5, 0.6) is 0 Å². The molecule has 90 valence electrons. The van der Waals surface area contributed by atoms with Gasteiger partial charge in [-0.25, -0.2) is 0 Å². The minimum Gasteiger partial charge on any atom is -1.00 e. The summed E-state index contributed by atoms with van der Waals surface area (Å²) >= 11 is 0. The molecule has 0 saturated heterocycles. The Kier molecular flexibility index (Phi) is 17.3. The Bertz CT molecular complexity index is 240. The van der Waals surface area contributed by atoms with E-state index >= 15 is 0 Å². The van der Waals surface area contributed by atoms with Crippen LogP contribution in [-0.2, 0) is 14.4 Å². The van der Waals surface area contributed by atoms with E-state index in [2.05, 4.69) is 5.73 Å². The molecule has 0 rings (SSSR count). The van der Waals surface area contributed by atoms with E-state index in [9.17, 15) is 14.4 Å². The Morgan fingerprint density at radius 2 is 1.50 bits per heavy atom. The molecule has 9 heteroatoms. The number of carbonyl (C=O) groups is 3. The van der Waals surface area contributed by atoms with Gasteiger partial charge < -0.3 is 28.2 Å². The van der Waals surface area contributed by atoms with Crippen molar-refractivity contribution in [2.24, 2.45) is 11.5 Å². The number of hydrogen-bond donors (Lipinski definition) is 5. The molecule has 0 aliphatic carbocycles. The Labute approximate surface area is 136 Å². The standard InChI is InChI=1S/C5H9NO4.C2H5NO2.K.H/c6-3(5(9)10)1-2-4(7)8;3-1-2(4)5;;/h3H,1-2,6H2,(H,7,8)(H,9,10);1,3H2,(H,4,5);;/q;;+1;-1/t3-;;;/m0.../s1. The average Bonchev–Trinajstić information content (AvgIpc) is 2.14. The van der Waals surface area contributed by atoms with Gasteiger partial charge in [0, 0.05) is 6.42 Å². The molecular formula is C7H15KN2O6. The fourth-order valence-corrected chi connectivity index (χ4v) is 0.402. The smallest absolute Gasteiger partial charge is 1.00 e. The summed E-state index contributed by atoms with van der Waals surface area (Å²) < 4.78 is 0. The normalized spacial score (nSPS) is 10.1. The molecule has 0 aliphatic rings. The second kappa shape index (κ2) is 13.0. The molecule has 0 bridgehead atoms. The quantitative estimate of drug-likeness (QED) is 0.309. The number of rotatable bonds is 5. The Balaban J connectivity index is -0.000000105. The zero-order chi connectivity index (χ0) is 12.4. The van der Waals surface area contributed by atoms with E-state index in [1.54, 1.807) is 0 Å². The molecule has 0 aromatic heterocycles. The molecule has 0 spiro atoms. The SMILES string of the molecule is NCC(=O)O.N[C@@H](CCC(=O)O)C(=O)O.[H-].[K+]. The second-order valence-corrected chi connectivity index (χ2v) is 2.48. The van der Waals surface area contributed by atoms with Gasteiger partial charge >= 0.3 is 69.3 Å². The van der Waals surface area contributed by atoms with Crippen molar-refractivity contribution in [3.05, 3.63) is 0 Å². The number of nitrogens with two attached hydrogens (primary N) is 2. The summed E-state index contributed by atoms with van der Waals surface area (Å²) in [7, 11) is 0. The molecule has 0 radical (unpaired) electrons. The molecule has 0 aromatic rings. The van der Waals surface area contributed by atoms with E-state index in [4.69, 9.17) is 21.1 Å². The van der Waals surface area contributed by atoms with Crippen molar-refractivity contribution in [3.63, 3.8) is 0 Å². The topological polar surface area (TPSA) is 164 Å². The van der Waals surface area contributed by atoms with Crippen molar-refractivity contribution in [2.75, 3.05) is 6.54 Å². The molecule has 0 saturated carbocycles.